The first-order chi connectivity index (χ1) is 21.6. The minimum absolute atomic E-state index is 0.0546. The third-order valence-electron chi connectivity index (χ3n) is 10.0. The molecule has 0 aliphatic carbocycles. The predicted molar refractivity (Wildman–Crippen MR) is 204 cm³/mol. The van der Waals surface area contributed by atoms with E-state index in [4.69, 9.17) is 9.47 Å². The third-order valence-corrected chi connectivity index (χ3v) is 14.3. The van der Waals surface area contributed by atoms with Crippen LogP contribution in [-0.2, 0) is 9.53 Å². The number of hydrogen-bond acceptors (Lipinski definition) is 4. The number of halogens is 2. The van der Waals surface area contributed by atoms with Crippen molar-refractivity contribution in [2.24, 2.45) is 11.3 Å². The fourth-order valence-corrected chi connectivity index (χ4v) is 7.96. The Balaban J connectivity index is 1.59. The molecule has 1 aliphatic heterocycles. The van der Waals surface area contributed by atoms with Gasteiger partial charge in [0.05, 0.1) is 12.1 Å². The highest BCUT2D eigenvalue weighted by Gasteiger charge is 2.49. The molecule has 3 aromatic carbocycles. The molecule has 0 unspecified atom stereocenters. The highest BCUT2D eigenvalue weighted by atomic mass is 127. The minimum Gasteiger partial charge on any atom is -0.487 e. The van der Waals surface area contributed by atoms with Crippen molar-refractivity contribution in [3.05, 3.63) is 93.3 Å². The van der Waals surface area contributed by atoms with Gasteiger partial charge in [-0.3, -0.25) is 4.79 Å². The summed E-state index contributed by atoms with van der Waals surface area (Å²) in [6, 6.07) is 22.9. The summed E-state index contributed by atoms with van der Waals surface area (Å²) in [5.74, 6) is 1.57. The van der Waals surface area contributed by atoms with Gasteiger partial charge in [-0.05, 0) is 107 Å². The number of benzene rings is 3. The van der Waals surface area contributed by atoms with E-state index in [1.807, 2.05) is 41.3 Å². The number of carbonyl (C=O) groups is 1. The number of nitrogens with zero attached hydrogens (tertiary/aromatic N) is 1. The van der Waals surface area contributed by atoms with Crippen molar-refractivity contribution in [2.45, 2.75) is 96.4 Å². The second-order valence-electron chi connectivity index (χ2n) is 14.7. The molecule has 1 aliphatic rings. The molecule has 0 N–H and O–H groups in total. The molecular formula is C38H51FINO3SSi. The van der Waals surface area contributed by atoms with Crippen LogP contribution in [-0.4, -0.2) is 38.6 Å². The van der Waals surface area contributed by atoms with Gasteiger partial charge in [0, 0.05) is 36.6 Å². The molecule has 0 aromatic heterocycles. The summed E-state index contributed by atoms with van der Waals surface area (Å²) in [5.41, 5.74) is 2.49. The van der Waals surface area contributed by atoms with Gasteiger partial charge >= 0.3 is 0 Å². The number of carbonyl (C=O) groups excluding carboxylic acids is 1. The van der Waals surface area contributed by atoms with Crippen LogP contribution < -0.4 is 9.64 Å². The highest BCUT2D eigenvalue weighted by Crippen LogP contribution is 2.47. The molecule has 1 saturated heterocycles. The SMILES string of the molecule is C[SiH2]C(C)(C)CCO[C@@H](CS[C@H]1C(=O)N(c2ccc(I)cc2)[C@@H]1c1ccc(O[C@@](C)(C(C)C)C(C)(C)C)cc1)c1ccc(F)cc1. The molecule has 8 heteroatoms. The lowest BCUT2D eigenvalue weighted by atomic mass is 9.71. The third kappa shape index (κ3) is 8.58. The van der Waals surface area contributed by atoms with Crippen molar-refractivity contribution in [3.8, 4) is 5.75 Å². The van der Waals surface area contributed by atoms with Crippen molar-refractivity contribution in [2.75, 3.05) is 17.3 Å². The summed E-state index contributed by atoms with van der Waals surface area (Å²) in [6.45, 7) is 20.8. The Morgan fingerprint density at radius 2 is 1.54 bits per heavy atom. The molecule has 4 rings (SSSR count). The highest BCUT2D eigenvalue weighted by molar-refractivity contribution is 14.1. The monoisotopic (exact) mass is 775 g/mol. The zero-order chi connectivity index (χ0) is 33.9. The van der Waals surface area contributed by atoms with E-state index in [9.17, 15) is 9.18 Å². The van der Waals surface area contributed by atoms with Crippen molar-refractivity contribution in [3.63, 3.8) is 0 Å². The number of hydrogen-bond donors (Lipinski definition) is 0. The molecule has 1 amide bonds. The van der Waals surface area contributed by atoms with E-state index in [0.29, 0.717) is 23.3 Å². The summed E-state index contributed by atoms with van der Waals surface area (Å²) in [4.78, 5) is 15.8. The fourth-order valence-electron chi connectivity index (χ4n) is 5.72. The van der Waals surface area contributed by atoms with Crippen LogP contribution >= 0.6 is 34.4 Å². The van der Waals surface area contributed by atoms with E-state index in [-0.39, 0.29) is 49.7 Å². The Labute approximate surface area is 296 Å². The van der Waals surface area contributed by atoms with Gasteiger partial charge in [0.2, 0.25) is 5.91 Å². The average Bonchev–Trinajstić information content (AvgIpc) is 3.00. The molecule has 4 atom stereocenters. The number of amides is 1. The molecule has 0 saturated carbocycles. The molecule has 4 nitrogen and oxygen atoms in total. The molecular weight excluding hydrogens is 724 g/mol. The maximum atomic E-state index is 13.8. The van der Waals surface area contributed by atoms with Gasteiger partial charge in [-0.15, -0.1) is 11.8 Å². The summed E-state index contributed by atoms with van der Waals surface area (Å²) in [5, 5.41) is 0.0476. The van der Waals surface area contributed by atoms with Crippen LogP contribution in [0, 0.1) is 20.7 Å². The van der Waals surface area contributed by atoms with Crippen LogP contribution in [0.25, 0.3) is 0 Å². The molecule has 1 heterocycles. The molecule has 1 fully saturated rings. The van der Waals surface area contributed by atoms with Gasteiger partial charge in [-0.25, -0.2) is 4.39 Å². The van der Waals surface area contributed by atoms with E-state index in [0.717, 1.165) is 32.6 Å². The minimum atomic E-state index is -0.351. The topological polar surface area (TPSA) is 38.8 Å². The molecule has 0 bridgehead atoms. The first kappa shape index (κ1) is 36.9. The van der Waals surface area contributed by atoms with Gasteiger partial charge in [0.15, 0.2) is 0 Å². The zero-order valence-corrected chi connectivity index (χ0v) is 33.3. The molecule has 3 aromatic rings. The van der Waals surface area contributed by atoms with Crippen molar-refractivity contribution in [1.82, 2.24) is 0 Å². The molecule has 46 heavy (non-hydrogen) atoms. The predicted octanol–water partition coefficient (Wildman–Crippen LogP) is 10.0. The van der Waals surface area contributed by atoms with Gasteiger partial charge < -0.3 is 14.4 Å². The molecule has 250 valence electrons. The van der Waals surface area contributed by atoms with Gasteiger partial charge in [-0.2, -0.15) is 0 Å². The Hall–Kier alpha value is -1.88. The summed E-state index contributed by atoms with van der Waals surface area (Å²) in [6.07, 6.45) is 0.756. The Morgan fingerprint density at radius 1 is 0.935 bits per heavy atom. The lowest BCUT2D eigenvalue weighted by Gasteiger charge is -2.47. The molecule has 0 radical (unpaired) electrons. The number of ether oxygens (including phenoxy) is 2. The van der Waals surface area contributed by atoms with Gasteiger partial charge in [0.25, 0.3) is 0 Å². The number of anilines is 1. The second-order valence-corrected chi connectivity index (χ2v) is 19.8. The Bertz CT molecular complexity index is 1440. The fraction of sp³-hybridized carbons (Fsp3) is 0.500. The smallest absolute Gasteiger partial charge is 0.243 e. The van der Waals surface area contributed by atoms with E-state index in [1.54, 1.807) is 23.9 Å². The van der Waals surface area contributed by atoms with E-state index in [2.05, 4.69) is 96.7 Å². The maximum absolute atomic E-state index is 13.8. The first-order valence-corrected chi connectivity index (χ1v) is 20.7. The standard InChI is InChI=1S/C38H51FINO3SSi/c1-25(2)38(8,36(3,4)5)44-31-20-12-27(13-21-31)33-34(35(42)41(33)30-18-16-29(40)17-19-30)45-24-32(26-10-14-28(39)15-11-26)43-23-22-37(6,7)46-9/h10-21,25,32-34H,22-24,46H2,1-9H3/t32-,33+,34+,38-/m0/s1. The average molecular weight is 776 g/mol. The van der Waals surface area contributed by atoms with Gasteiger partial charge in [0.1, 0.15) is 22.4 Å². The number of β-lactam (4-membered cyclic amide) rings is 1. The Kier molecular flexibility index (Phi) is 12.1. The van der Waals surface area contributed by atoms with Crippen LogP contribution in [0.1, 0.15) is 85.1 Å². The van der Waals surface area contributed by atoms with Crippen LogP contribution in [0.2, 0.25) is 11.6 Å². The lowest BCUT2D eigenvalue weighted by Crippen LogP contribution is -2.57. The van der Waals surface area contributed by atoms with Crippen molar-refractivity contribution < 1.29 is 18.7 Å². The summed E-state index contributed by atoms with van der Waals surface area (Å²) in [7, 11) is -0.187. The van der Waals surface area contributed by atoms with Crippen LogP contribution in [0.4, 0.5) is 10.1 Å². The van der Waals surface area contributed by atoms with Crippen LogP contribution in [0.3, 0.4) is 0 Å². The Morgan fingerprint density at radius 3 is 2.09 bits per heavy atom. The van der Waals surface area contributed by atoms with Crippen molar-refractivity contribution in [1.29, 1.82) is 0 Å². The molecule has 0 spiro atoms. The second kappa shape index (κ2) is 15.1. The van der Waals surface area contributed by atoms with Crippen LogP contribution in [0.15, 0.2) is 72.8 Å². The van der Waals surface area contributed by atoms with E-state index < -0.39 is 0 Å². The maximum Gasteiger partial charge on any atom is 0.243 e. The van der Waals surface area contributed by atoms with E-state index >= 15 is 0 Å². The first-order valence-electron chi connectivity index (χ1n) is 16.4. The quantitative estimate of drug-likeness (QED) is 0.0929. The summed E-state index contributed by atoms with van der Waals surface area (Å²) >= 11 is 3.92. The zero-order valence-electron chi connectivity index (χ0n) is 28.9. The lowest BCUT2D eigenvalue weighted by molar-refractivity contribution is -0.123. The van der Waals surface area contributed by atoms with Gasteiger partial charge in [-0.1, -0.05) is 79.3 Å². The normalized spacial score (nSPS) is 19.4. The largest absolute Gasteiger partial charge is 0.487 e. The van der Waals surface area contributed by atoms with Crippen molar-refractivity contribution >= 4 is 55.5 Å². The number of thioether (sulfide) groups is 1. The van der Waals surface area contributed by atoms with Crippen LogP contribution in [0.5, 0.6) is 5.75 Å². The summed E-state index contributed by atoms with van der Waals surface area (Å²) < 4.78 is 28.1. The number of rotatable bonds is 14. The van der Waals surface area contributed by atoms with E-state index in [1.165, 1.54) is 12.1 Å².